The molecule has 7 nitrogen and oxygen atoms in total. The Labute approximate surface area is 145 Å². The van der Waals surface area contributed by atoms with Gasteiger partial charge in [-0.2, -0.15) is 4.37 Å². The zero-order valence-corrected chi connectivity index (χ0v) is 14.7. The third kappa shape index (κ3) is 3.35. The molecular formula is C16H22N4O3S. The number of hydrogen-bond acceptors (Lipinski definition) is 8. The van der Waals surface area contributed by atoms with E-state index in [1.54, 1.807) is 13.1 Å². The molecule has 2 aromatic heterocycles. The van der Waals surface area contributed by atoms with Crippen molar-refractivity contribution >= 4 is 16.7 Å². The molecule has 1 fully saturated rings. The molecule has 1 aliphatic rings. The highest BCUT2D eigenvalue weighted by atomic mass is 32.1. The molecule has 2 aromatic rings. The van der Waals surface area contributed by atoms with Gasteiger partial charge in [-0.1, -0.05) is 0 Å². The molecule has 0 radical (unpaired) electrons. The Bertz CT molecular complexity index is 701. The first-order chi connectivity index (χ1) is 11.6. The van der Waals surface area contributed by atoms with Crippen LogP contribution in [0.4, 0.5) is 5.13 Å². The van der Waals surface area contributed by atoms with Crippen LogP contribution >= 0.6 is 11.5 Å². The Morgan fingerprint density at radius 1 is 1.46 bits per heavy atom. The van der Waals surface area contributed by atoms with Gasteiger partial charge in [0.1, 0.15) is 11.6 Å². The highest BCUT2D eigenvalue weighted by Crippen LogP contribution is 2.30. The minimum Gasteiger partial charge on any atom is -0.506 e. The normalized spacial score (nSPS) is 17.4. The van der Waals surface area contributed by atoms with Gasteiger partial charge in [0.15, 0.2) is 0 Å². The number of aryl methyl sites for hydroxylation is 1. The fourth-order valence-corrected chi connectivity index (χ4v) is 3.57. The number of rotatable bonds is 6. The van der Waals surface area contributed by atoms with Gasteiger partial charge in [-0.05, 0) is 20.3 Å². The van der Waals surface area contributed by atoms with E-state index in [2.05, 4.69) is 14.3 Å². The quantitative estimate of drug-likeness (QED) is 0.823. The average Bonchev–Trinajstić information content (AvgIpc) is 3.27. The number of anilines is 1. The molecular weight excluding hydrogens is 328 g/mol. The molecule has 0 aromatic carbocycles. The Hall–Kier alpha value is -1.77. The van der Waals surface area contributed by atoms with Gasteiger partial charge in [-0.25, -0.2) is 4.98 Å². The molecule has 1 aliphatic heterocycles. The number of aromatic hydroxyl groups is 1. The second-order valence-electron chi connectivity index (χ2n) is 5.86. The summed E-state index contributed by atoms with van der Waals surface area (Å²) in [5.74, 6) is 1.25. The van der Waals surface area contributed by atoms with E-state index < -0.39 is 0 Å². The SMILES string of the molecule is CCN(Cc1c(CO)cnc(C)c1O)c1nc(C2CCOC2)ns1. The summed E-state index contributed by atoms with van der Waals surface area (Å²) in [6, 6.07) is 0. The van der Waals surface area contributed by atoms with Gasteiger partial charge in [0.05, 0.1) is 18.9 Å². The van der Waals surface area contributed by atoms with E-state index in [1.807, 2.05) is 11.8 Å². The van der Waals surface area contributed by atoms with Crippen molar-refractivity contribution in [1.29, 1.82) is 0 Å². The van der Waals surface area contributed by atoms with Crippen molar-refractivity contribution in [1.82, 2.24) is 14.3 Å². The lowest BCUT2D eigenvalue weighted by Crippen LogP contribution is -2.23. The predicted octanol–water partition coefficient (Wildman–Crippen LogP) is 1.97. The first kappa shape index (κ1) is 17.1. The summed E-state index contributed by atoms with van der Waals surface area (Å²) in [7, 11) is 0. The maximum Gasteiger partial charge on any atom is 0.205 e. The molecule has 3 rings (SSSR count). The molecule has 8 heteroatoms. The minimum absolute atomic E-state index is 0.133. The molecule has 1 atom stereocenters. The standard InChI is InChI=1S/C16H22N4O3S/c1-3-20(7-13-12(8-21)6-17-10(2)14(13)22)16-18-15(19-24-16)11-4-5-23-9-11/h6,11,21-22H,3-5,7-9H2,1-2H3. The summed E-state index contributed by atoms with van der Waals surface area (Å²) in [5, 5.41) is 20.7. The molecule has 0 saturated carbocycles. The van der Waals surface area contributed by atoms with Crippen molar-refractivity contribution in [2.75, 3.05) is 24.7 Å². The number of aliphatic hydroxyl groups is 1. The summed E-state index contributed by atoms with van der Waals surface area (Å²) in [4.78, 5) is 10.8. The molecule has 130 valence electrons. The number of nitrogens with zero attached hydrogens (tertiary/aromatic N) is 4. The maximum atomic E-state index is 10.3. The second-order valence-corrected chi connectivity index (χ2v) is 6.59. The number of ether oxygens (including phenoxy) is 1. The Morgan fingerprint density at radius 2 is 2.29 bits per heavy atom. The van der Waals surface area contributed by atoms with Crippen LogP contribution in [0, 0.1) is 6.92 Å². The van der Waals surface area contributed by atoms with E-state index in [-0.39, 0.29) is 18.3 Å². The van der Waals surface area contributed by atoms with E-state index in [9.17, 15) is 10.2 Å². The van der Waals surface area contributed by atoms with Gasteiger partial charge in [0.2, 0.25) is 5.13 Å². The highest BCUT2D eigenvalue weighted by Gasteiger charge is 2.24. The van der Waals surface area contributed by atoms with Crippen molar-refractivity contribution in [3.05, 3.63) is 28.8 Å². The lowest BCUT2D eigenvalue weighted by Gasteiger charge is -2.22. The highest BCUT2D eigenvalue weighted by molar-refractivity contribution is 7.09. The summed E-state index contributed by atoms with van der Waals surface area (Å²) in [6.07, 6.45) is 2.57. The van der Waals surface area contributed by atoms with Crippen molar-refractivity contribution in [2.45, 2.75) is 39.3 Å². The Morgan fingerprint density at radius 3 is 2.96 bits per heavy atom. The van der Waals surface area contributed by atoms with Gasteiger partial charge in [0.25, 0.3) is 0 Å². The third-order valence-electron chi connectivity index (χ3n) is 4.33. The smallest absolute Gasteiger partial charge is 0.205 e. The monoisotopic (exact) mass is 350 g/mol. The van der Waals surface area contributed by atoms with Crippen molar-refractivity contribution < 1.29 is 14.9 Å². The van der Waals surface area contributed by atoms with Crippen LogP contribution in [-0.2, 0) is 17.9 Å². The second kappa shape index (κ2) is 7.42. The summed E-state index contributed by atoms with van der Waals surface area (Å²) >= 11 is 1.36. The largest absolute Gasteiger partial charge is 0.506 e. The number of hydrogen-bond donors (Lipinski definition) is 2. The number of aromatic nitrogens is 3. The average molecular weight is 350 g/mol. The zero-order valence-electron chi connectivity index (χ0n) is 13.9. The number of pyridine rings is 1. The predicted molar refractivity (Wildman–Crippen MR) is 91.4 cm³/mol. The first-order valence-electron chi connectivity index (χ1n) is 8.07. The third-order valence-corrected chi connectivity index (χ3v) is 5.12. The van der Waals surface area contributed by atoms with Crippen molar-refractivity contribution in [3.8, 4) is 5.75 Å². The molecule has 3 heterocycles. The summed E-state index contributed by atoms with van der Waals surface area (Å²) in [5.41, 5.74) is 1.87. The molecule has 1 saturated heterocycles. The van der Waals surface area contributed by atoms with Crippen LogP contribution < -0.4 is 4.90 Å². The van der Waals surface area contributed by atoms with Crippen LogP contribution in [0.25, 0.3) is 0 Å². The minimum atomic E-state index is -0.158. The Kier molecular flexibility index (Phi) is 5.27. The lowest BCUT2D eigenvalue weighted by atomic mass is 10.1. The number of aliphatic hydroxyl groups excluding tert-OH is 1. The van der Waals surface area contributed by atoms with E-state index in [0.717, 1.165) is 30.5 Å². The zero-order chi connectivity index (χ0) is 17.1. The van der Waals surface area contributed by atoms with E-state index in [0.29, 0.717) is 30.0 Å². The van der Waals surface area contributed by atoms with E-state index in [4.69, 9.17) is 4.74 Å². The summed E-state index contributed by atoms with van der Waals surface area (Å²) < 4.78 is 9.88. The molecule has 0 spiro atoms. The maximum absolute atomic E-state index is 10.3. The fourth-order valence-electron chi connectivity index (χ4n) is 2.76. The van der Waals surface area contributed by atoms with Gasteiger partial charge in [0, 0.05) is 54.5 Å². The van der Waals surface area contributed by atoms with Crippen LogP contribution in [0.5, 0.6) is 5.75 Å². The van der Waals surface area contributed by atoms with Crippen LogP contribution in [0.15, 0.2) is 6.20 Å². The van der Waals surface area contributed by atoms with Crippen LogP contribution in [0.1, 0.15) is 41.9 Å². The summed E-state index contributed by atoms with van der Waals surface area (Å²) in [6.45, 7) is 6.25. The van der Waals surface area contributed by atoms with Crippen LogP contribution in [-0.4, -0.2) is 44.3 Å². The van der Waals surface area contributed by atoms with Crippen LogP contribution in [0.2, 0.25) is 0 Å². The Balaban J connectivity index is 1.84. The molecule has 24 heavy (non-hydrogen) atoms. The van der Waals surface area contributed by atoms with E-state index >= 15 is 0 Å². The lowest BCUT2D eigenvalue weighted by molar-refractivity contribution is 0.193. The van der Waals surface area contributed by atoms with E-state index in [1.165, 1.54) is 11.5 Å². The molecule has 2 N–H and O–H groups in total. The molecule has 0 aliphatic carbocycles. The molecule has 0 amide bonds. The first-order valence-corrected chi connectivity index (χ1v) is 8.84. The molecule has 1 unspecified atom stereocenters. The van der Waals surface area contributed by atoms with Gasteiger partial charge in [-0.15, -0.1) is 0 Å². The topological polar surface area (TPSA) is 91.6 Å². The van der Waals surface area contributed by atoms with Gasteiger partial charge >= 0.3 is 0 Å². The fraction of sp³-hybridized carbons (Fsp3) is 0.562. The van der Waals surface area contributed by atoms with Crippen molar-refractivity contribution in [2.24, 2.45) is 0 Å². The van der Waals surface area contributed by atoms with Gasteiger partial charge < -0.3 is 19.8 Å². The molecule has 0 bridgehead atoms. The van der Waals surface area contributed by atoms with Gasteiger partial charge in [-0.3, -0.25) is 4.98 Å². The van der Waals surface area contributed by atoms with Crippen molar-refractivity contribution in [3.63, 3.8) is 0 Å². The van der Waals surface area contributed by atoms with Crippen LogP contribution in [0.3, 0.4) is 0 Å².